The predicted molar refractivity (Wildman–Crippen MR) is 98.7 cm³/mol. The Morgan fingerprint density at radius 2 is 1.73 bits per heavy atom. The Balaban J connectivity index is 1.95. The molecule has 0 saturated heterocycles. The highest BCUT2D eigenvalue weighted by atomic mass is 35.5. The lowest BCUT2D eigenvalue weighted by molar-refractivity contribution is 0.103. The van der Waals surface area contributed by atoms with Crippen LogP contribution in [0.4, 0.5) is 0 Å². The first-order valence-corrected chi connectivity index (χ1v) is 8.15. The van der Waals surface area contributed by atoms with Gasteiger partial charge in [-0.2, -0.15) is 0 Å². The maximum absolute atomic E-state index is 12.9. The first-order chi connectivity index (χ1) is 12.6. The average molecular weight is 370 g/mol. The van der Waals surface area contributed by atoms with E-state index in [0.717, 1.165) is 0 Å². The molecule has 132 valence electrons. The van der Waals surface area contributed by atoms with Crippen molar-refractivity contribution in [1.29, 1.82) is 0 Å². The Hall–Kier alpha value is -3.05. The van der Waals surface area contributed by atoms with E-state index in [2.05, 4.69) is 4.98 Å². The molecule has 6 heteroatoms. The van der Waals surface area contributed by atoms with Gasteiger partial charge in [0.25, 0.3) is 0 Å². The number of nitrogens with zero attached hydrogens (tertiary/aromatic N) is 1. The largest absolute Gasteiger partial charge is 0.493 e. The molecule has 1 aromatic heterocycles. The third-order valence-corrected chi connectivity index (χ3v) is 3.89. The van der Waals surface area contributed by atoms with Crippen LogP contribution < -0.4 is 14.2 Å². The molecule has 5 nitrogen and oxygen atoms in total. The molecular formula is C20H16ClNO4. The van der Waals surface area contributed by atoms with Crippen LogP contribution in [0.2, 0.25) is 5.02 Å². The van der Waals surface area contributed by atoms with Crippen molar-refractivity contribution < 1.29 is 19.0 Å². The number of rotatable bonds is 6. The van der Waals surface area contributed by atoms with E-state index in [1.807, 2.05) is 0 Å². The molecule has 3 aromatic rings. The topological polar surface area (TPSA) is 57.7 Å². The Morgan fingerprint density at radius 1 is 0.923 bits per heavy atom. The van der Waals surface area contributed by atoms with Gasteiger partial charge < -0.3 is 14.2 Å². The fourth-order valence-electron chi connectivity index (χ4n) is 2.42. The Bertz CT molecular complexity index is 943. The SMILES string of the molecule is COc1ccc(C(=O)c2ncccc2Oc2cccc(Cl)c2)cc1OC. The molecule has 0 unspecified atom stereocenters. The van der Waals surface area contributed by atoms with Crippen LogP contribution in [-0.4, -0.2) is 25.0 Å². The molecule has 0 amide bonds. The molecule has 0 saturated carbocycles. The van der Waals surface area contributed by atoms with Gasteiger partial charge in [0.1, 0.15) is 5.75 Å². The van der Waals surface area contributed by atoms with Gasteiger partial charge in [-0.25, -0.2) is 4.98 Å². The molecule has 0 N–H and O–H groups in total. The van der Waals surface area contributed by atoms with Gasteiger partial charge in [0.05, 0.1) is 14.2 Å². The lowest BCUT2D eigenvalue weighted by Gasteiger charge is -2.11. The summed E-state index contributed by atoms with van der Waals surface area (Å²) in [6.07, 6.45) is 1.54. The van der Waals surface area contributed by atoms with Gasteiger partial charge >= 0.3 is 0 Å². The van der Waals surface area contributed by atoms with Crippen LogP contribution in [0.5, 0.6) is 23.0 Å². The maximum atomic E-state index is 12.9. The summed E-state index contributed by atoms with van der Waals surface area (Å²) in [6, 6.07) is 15.3. The minimum atomic E-state index is -0.288. The number of aromatic nitrogens is 1. The van der Waals surface area contributed by atoms with Crippen LogP contribution >= 0.6 is 11.6 Å². The molecule has 0 aliphatic heterocycles. The lowest BCUT2D eigenvalue weighted by atomic mass is 10.1. The summed E-state index contributed by atoms with van der Waals surface area (Å²) < 4.78 is 16.3. The molecule has 3 rings (SSSR count). The Kier molecular flexibility index (Phi) is 5.39. The standard InChI is InChI=1S/C20H16ClNO4/c1-24-16-9-8-13(11-18(16)25-2)20(23)19-17(7-4-10-22-19)26-15-6-3-5-14(21)12-15/h3-12H,1-2H3. The molecule has 26 heavy (non-hydrogen) atoms. The second kappa shape index (κ2) is 7.89. The lowest BCUT2D eigenvalue weighted by Crippen LogP contribution is -2.07. The zero-order valence-electron chi connectivity index (χ0n) is 14.2. The van der Waals surface area contributed by atoms with Gasteiger partial charge in [-0.3, -0.25) is 4.79 Å². The second-order valence-electron chi connectivity index (χ2n) is 5.31. The van der Waals surface area contributed by atoms with Crippen molar-refractivity contribution in [2.24, 2.45) is 0 Å². The number of pyridine rings is 1. The molecule has 0 aliphatic rings. The molecule has 0 fully saturated rings. The van der Waals surface area contributed by atoms with Crippen molar-refractivity contribution in [3.63, 3.8) is 0 Å². The molecule has 0 aliphatic carbocycles. The monoisotopic (exact) mass is 369 g/mol. The van der Waals surface area contributed by atoms with Gasteiger partial charge in [-0.15, -0.1) is 0 Å². The van der Waals surface area contributed by atoms with Gasteiger partial charge in [-0.05, 0) is 48.5 Å². The van der Waals surface area contributed by atoms with E-state index in [0.29, 0.717) is 33.6 Å². The quantitative estimate of drug-likeness (QED) is 0.585. The molecule has 0 atom stereocenters. The molecule has 0 spiro atoms. The number of ketones is 1. The van der Waals surface area contributed by atoms with E-state index in [4.69, 9.17) is 25.8 Å². The van der Waals surface area contributed by atoms with Crippen LogP contribution in [0.1, 0.15) is 16.1 Å². The summed E-state index contributed by atoms with van der Waals surface area (Å²) in [5.74, 6) is 1.58. The van der Waals surface area contributed by atoms with Crippen LogP contribution in [0, 0.1) is 0 Å². The molecular weight excluding hydrogens is 354 g/mol. The highest BCUT2D eigenvalue weighted by Gasteiger charge is 2.18. The molecule has 2 aromatic carbocycles. The predicted octanol–water partition coefficient (Wildman–Crippen LogP) is 4.78. The Labute approximate surface area is 156 Å². The number of hydrogen-bond donors (Lipinski definition) is 0. The summed E-state index contributed by atoms with van der Waals surface area (Å²) >= 11 is 5.98. The first kappa shape index (κ1) is 17.8. The fourth-order valence-corrected chi connectivity index (χ4v) is 2.60. The average Bonchev–Trinajstić information content (AvgIpc) is 2.67. The van der Waals surface area contributed by atoms with Gasteiger partial charge in [0.2, 0.25) is 5.78 Å². The van der Waals surface area contributed by atoms with Gasteiger partial charge in [-0.1, -0.05) is 17.7 Å². The summed E-state index contributed by atoms with van der Waals surface area (Å²) in [6.45, 7) is 0. The second-order valence-corrected chi connectivity index (χ2v) is 5.74. The number of hydrogen-bond acceptors (Lipinski definition) is 5. The highest BCUT2D eigenvalue weighted by Crippen LogP contribution is 2.31. The van der Waals surface area contributed by atoms with Crippen molar-refractivity contribution in [3.8, 4) is 23.0 Å². The zero-order valence-corrected chi connectivity index (χ0v) is 15.0. The summed E-state index contributed by atoms with van der Waals surface area (Å²) in [4.78, 5) is 17.1. The van der Waals surface area contributed by atoms with Crippen molar-refractivity contribution >= 4 is 17.4 Å². The molecule has 1 heterocycles. The summed E-state index contributed by atoms with van der Waals surface area (Å²) in [5.41, 5.74) is 0.608. The van der Waals surface area contributed by atoms with E-state index >= 15 is 0 Å². The first-order valence-electron chi connectivity index (χ1n) is 7.77. The minimum Gasteiger partial charge on any atom is -0.493 e. The minimum absolute atomic E-state index is 0.194. The van der Waals surface area contributed by atoms with Gasteiger partial charge in [0, 0.05) is 16.8 Å². The number of methoxy groups -OCH3 is 2. The van der Waals surface area contributed by atoms with Crippen LogP contribution in [-0.2, 0) is 0 Å². The van der Waals surface area contributed by atoms with Crippen molar-refractivity contribution in [2.45, 2.75) is 0 Å². The van der Waals surface area contributed by atoms with E-state index in [-0.39, 0.29) is 11.5 Å². The zero-order chi connectivity index (χ0) is 18.5. The fraction of sp³-hybridized carbons (Fsp3) is 0.100. The number of ether oxygens (including phenoxy) is 3. The van der Waals surface area contributed by atoms with Gasteiger partial charge in [0.15, 0.2) is 22.9 Å². The van der Waals surface area contributed by atoms with Crippen molar-refractivity contribution in [2.75, 3.05) is 14.2 Å². The van der Waals surface area contributed by atoms with Crippen LogP contribution in [0.15, 0.2) is 60.8 Å². The van der Waals surface area contributed by atoms with E-state index < -0.39 is 0 Å². The Morgan fingerprint density at radius 3 is 2.46 bits per heavy atom. The van der Waals surface area contributed by atoms with Crippen LogP contribution in [0.3, 0.4) is 0 Å². The van der Waals surface area contributed by atoms with Crippen LogP contribution in [0.25, 0.3) is 0 Å². The normalized spacial score (nSPS) is 10.3. The number of halogens is 1. The molecule has 0 radical (unpaired) electrons. The number of carbonyl (C=O) groups excluding carboxylic acids is 1. The number of benzene rings is 2. The summed E-state index contributed by atoms with van der Waals surface area (Å²) in [5, 5.41) is 0.541. The van der Waals surface area contributed by atoms with E-state index in [1.165, 1.54) is 14.2 Å². The molecule has 0 bridgehead atoms. The van der Waals surface area contributed by atoms with E-state index in [9.17, 15) is 4.79 Å². The third-order valence-electron chi connectivity index (χ3n) is 3.66. The third kappa shape index (κ3) is 3.78. The van der Waals surface area contributed by atoms with E-state index in [1.54, 1.807) is 60.8 Å². The number of carbonyl (C=O) groups is 1. The maximum Gasteiger partial charge on any atom is 0.215 e. The smallest absolute Gasteiger partial charge is 0.215 e. The summed E-state index contributed by atoms with van der Waals surface area (Å²) in [7, 11) is 3.05. The van der Waals surface area contributed by atoms with Crippen molar-refractivity contribution in [1.82, 2.24) is 4.98 Å². The van der Waals surface area contributed by atoms with Crippen molar-refractivity contribution in [3.05, 3.63) is 77.1 Å². The highest BCUT2D eigenvalue weighted by molar-refractivity contribution is 6.30.